The average molecular weight is 1530 g/mol. The molecule has 0 radical (unpaired) electrons. The molecular formula is C100H200CaN2O4. The largest absolute Gasteiger partial charge is 2.00 e. The third kappa shape index (κ3) is 106. The van der Waals surface area contributed by atoms with E-state index in [2.05, 4.69) is 37.5 Å². The summed E-state index contributed by atoms with van der Waals surface area (Å²) >= 11 is 0. The van der Waals surface area contributed by atoms with Crippen LogP contribution >= 0.6 is 0 Å². The topological polar surface area (TPSA) is 86.7 Å². The maximum atomic E-state index is 10.8. The quantitative estimate of drug-likeness (QED) is 0.0445. The van der Waals surface area contributed by atoms with Crippen LogP contribution in [0.4, 0.5) is 0 Å². The van der Waals surface area contributed by atoms with Crippen molar-refractivity contribution in [1.29, 1.82) is 0 Å². The molecule has 0 aliphatic heterocycles. The Bertz CT molecular complexity index is 1360. The first-order valence-corrected chi connectivity index (χ1v) is 50.2. The Morgan fingerprint density at radius 1 is 0.150 bits per heavy atom. The van der Waals surface area contributed by atoms with Gasteiger partial charge in [-0.15, -0.1) is 0 Å². The van der Waals surface area contributed by atoms with Crippen molar-refractivity contribution in [2.45, 2.75) is 593 Å². The third-order valence-electron chi connectivity index (χ3n) is 24.0. The maximum Gasteiger partial charge on any atom is 2.00 e. The Labute approximate surface area is 705 Å². The Balaban J connectivity index is -0.00000200. The minimum Gasteiger partial charge on any atom is -0.550 e. The van der Waals surface area contributed by atoms with Gasteiger partial charge in [0.2, 0.25) is 0 Å². The summed E-state index contributed by atoms with van der Waals surface area (Å²) in [6.07, 6.45) is 121. The minimum atomic E-state index is -0.893. The van der Waals surface area contributed by atoms with Gasteiger partial charge in [0.1, 0.15) is 0 Å². The Morgan fingerprint density at radius 2 is 0.234 bits per heavy atom. The first kappa shape index (κ1) is 111. The molecule has 0 spiro atoms. The predicted molar refractivity (Wildman–Crippen MR) is 478 cm³/mol. The number of unbranched alkanes of at least 4 members (excludes halogenated alkanes) is 80. The molecule has 6 nitrogen and oxygen atoms in total. The number of carbonyl (C=O) groups is 2. The van der Waals surface area contributed by atoms with Gasteiger partial charge in [-0.1, -0.05) is 529 Å². The van der Waals surface area contributed by atoms with E-state index in [0.29, 0.717) is 0 Å². The van der Waals surface area contributed by atoms with Crippen molar-refractivity contribution in [3.05, 3.63) is 0 Å². The molecule has 7 heteroatoms. The van der Waals surface area contributed by atoms with Gasteiger partial charge in [0.25, 0.3) is 0 Å². The van der Waals surface area contributed by atoms with E-state index < -0.39 is 11.9 Å². The van der Waals surface area contributed by atoms with E-state index in [1.165, 1.54) is 540 Å². The molecule has 0 aliphatic carbocycles. The zero-order chi connectivity index (χ0) is 76.8. The number of nitrogens with zero attached hydrogens (tertiary/aromatic N) is 2. The van der Waals surface area contributed by atoms with E-state index in [9.17, 15) is 19.8 Å². The van der Waals surface area contributed by atoms with Crippen LogP contribution in [0.15, 0.2) is 0 Å². The predicted octanol–water partition coefficient (Wildman–Crippen LogP) is 32.1. The Hall–Kier alpha value is 0.120. The normalized spacial score (nSPS) is 11.6. The van der Waals surface area contributed by atoms with Gasteiger partial charge in [-0.2, -0.15) is 0 Å². The number of hydrogen-bond donors (Lipinski definition) is 0. The SMILES string of the molecule is CCCCCCCCCCCCCCCCCCCCCCN(CCCCCCCCCCCCCCCCCCCCCC)CCCCCC(=O)[O-].CCCCCCCCCCCCCCCCCCCCCCN(CCCCCCCCCCCCCCCCCCCCCC)CCCCCC(=O)[O-].[Ca+2]. The van der Waals surface area contributed by atoms with Gasteiger partial charge in [0.15, 0.2) is 0 Å². The van der Waals surface area contributed by atoms with Crippen LogP contribution in [0.1, 0.15) is 593 Å². The number of aliphatic carboxylic acids is 2. The molecule has 0 fully saturated rings. The summed E-state index contributed by atoms with van der Waals surface area (Å²) in [6, 6.07) is 0. The van der Waals surface area contributed by atoms with Crippen LogP contribution in [0.5, 0.6) is 0 Å². The first-order chi connectivity index (χ1) is 52.4. The van der Waals surface area contributed by atoms with Crippen molar-refractivity contribution < 1.29 is 19.8 Å². The molecule has 0 bridgehead atoms. The van der Waals surface area contributed by atoms with Crippen LogP contribution in [-0.2, 0) is 9.59 Å². The molecule has 0 unspecified atom stereocenters. The van der Waals surface area contributed by atoms with Crippen molar-refractivity contribution in [3.63, 3.8) is 0 Å². The molecule has 0 heterocycles. The van der Waals surface area contributed by atoms with Crippen LogP contribution in [0.3, 0.4) is 0 Å². The molecule has 0 aromatic heterocycles. The number of rotatable bonds is 96. The fraction of sp³-hybridized carbons (Fsp3) is 0.980. The first-order valence-electron chi connectivity index (χ1n) is 50.2. The van der Waals surface area contributed by atoms with Crippen molar-refractivity contribution in [2.75, 3.05) is 39.3 Å². The molecule has 0 aromatic rings. The summed E-state index contributed by atoms with van der Waals surface area (Å²) < 4.78 is 0. The summed E-state index contributed by atoms with van der Waals surface area (Å²) in [5.41, 5.74) is 0. The van der Waals surface area contributed by atoms with Crippen LogP contribution in [0.2, 0.25) is 0 Å². The van der Waals surface area contributed by atoms with Gasteiger partial charge in [-0.3, -0.25) is 0 Å². The molecule has 0 N–H and O–H groups in total. The molecule has 0 rings (SSSR count). The van der Waals surface area contributed by atoms with E-state index in [1.807, 2.05) is 0 Å². The van der Waals surface area contributed by atoms with E-state index in [1.54, 1.807) is 0 Å². The van der Waals surface area contributed by atoms with Crippen LogP contribution in [0, 0.1) is 0 Å². The summed E-state index contributed by atoms with van der Waals surface area (Å²) in [4.78, 5) is 27.0. The Morgan fingerprint density at radius 3 is 0.327 bits per heavy atom. The minimum absolute atomic E-state index is 0. The second kappa shape index (κ2) is 104. The summed E-state index contributed by atoms with van der Waals surface area (Å²) in [6.45, 7) is 16.4. The molecule has 0 aliphatic rings. The van der Waals surface area contributed by atoms with Gasteiger partial charge < -0.3 is 29.6 Å². The van der Waals surface area contributed by atoms with Crippen molar-refractivity contribution in [2.24, 2.45) is 0 Å². The number of carboxylic acid groups (broad SMARTS) is 2. The Kier molecular flexibility index (Phi) is 108. The fourth-order valence-electron chi connectivity index (χ4n) is 16.6. The molecule has 107 heavy (non-hydrogen) atoms. The van der Waals surface area contributed by atoms with Gasteiger partial charge in [0, 0.05) is 11.9 Å². The van der Waals surface area contributed by atoms with Crippen LogP contribution in [-0.4, -0.2) is 98.7 Å². The molecule has 0 saturated carbocycles. The molecular weight excluding hydrogens is 1330 g/mol. The zero-order valence-electron chi connectivity index (χ0n) is 74.7. The fourth-order valence-corrected chi connectivity index (χ4v) is 16.6. The van der Waals surface area contributed by atoms with E-state index in [-0.39, 0.29) is 50.6 Å². The van der Waals surface area contributed by atoms with Gasteiger partial charge in [-0.05, 0) is 103 Å². The molecule has 0 amide bonds. The van der Waals surface area contributed by atoms with E-state index in [0.717, 1.165) is 51.6 Å². The summed E-state index contributed by atoms with van der Waals surface area (Å²) in [7, 11) is 0. The van der Waals surface area contributed by atoms with Crippen molar-refractivity contribution >= 4 is 49.7 Å². The van der Waals surface area contributed by atoms with Gasteiger partial charge in [0.05, 0.1) is 0 Å². The van der Waals surface area contributed by atoms with Crippen LogP contribution < -0.4 is 10.2 Å². The number of carbonyl (C=O) groups excluding carboxylic acids is 2. The van der Waals surface area contributed by atoms with E-state index in [4.69, 9.17) is 0 Å². The second-order valence-corrected chi connectivity index (χ2v) is 34.9. The van der Waals surface area contributed by atoms with E-state index >= 15 is 0 Å². The summed E-state index contributed by atoms with van der Waals surface area (Å²) in [5.74, 6) is -1.79. The molecule has 0 atom stereocenters. The van der Waals surface area contributed by atoms with Crippen molar-refractivity contribution in [3.8, 4) is 0 Å². The molecule has 0 aromatic carbocycles. The number of carboxylic acids is 2. The zero-order valence-corrected chi connectivity index (χ0v) is 76.9. The van der Waals surface area contributed by atoms with Gasteiger partial charge in [-0.25, -0.2) is 0 Å². The van der Waals surface area contributed by atoms with Crippen LogP contribution in [0.25, 0.3) is 0 Å². The average Bonchev–Trinajstić information content (AvgIpc) is 1.28. The monoisotopic (exact) mass is 1530 g/mol. The second-order valence-electron chi connectivity index (χ2n) is 34.9. The van der Waals surface area contributed by atoms with Gasteiger partial charge >= 0.3 is 37.7 Å². The summed E-state index contributed by atoms with van der Waals surface area (Å²) in [5, 5.41) is 21.6. The maximum absolute atomic E-state index is 10.8. The standard InChI is InChI=1S/2C50H101NO2.Ca/c2*1-3-5-7-9-11-13-15-17-19-21-23-25-27-29-31-33-35-37-39-43-47-51(49-45-41-42-46-50(52)53)48-44-40-38-36-34-32-30-28-26-24-22-20-18-16-14-12-10-8-6-4-2;/h2*3-49H2,1-2H3,(H,52,53);/q;;+2/p-2. The third-order valence-corrected chi connectivity index (χ3v) is 24.0. The number of hydrogen-bond acceptors (Lipinski definition) is 6. The smallest absolute Gasteiger partial charge is 0.550 e. The molecule has 636 valence electrons. The van der Waals surface area contributed by atoms with Crippen molar-refractivity contribution in [1.82, 2.24) is 9.80 Å². The molecule has 0 saturated heterocycles.